The van der Waals surface area contributed by atoms with E-state index < -0.39 is 23.6 Å². The van der Waals surface area contributed by atoms with Gasteiger partial charge >= 0.3 is 11.9 Å². The van der Waals surface area contributed by atoms with E-state index >= 15 is 0 Å². The van der Waals surface area contributed by atoms with Crippen LogP contribution in [0.5, 0.6) is 0 Å². The molecule has 0 saturated heterocycles. The Labute approximate surface area is 131 Å². The molecule has 0 spiro atoms. The number of rotatable bonds is 3. The molecule has 3 rings (SSSR count). The van der Waals surface area contributed by atoms with Gasteiger partial charge in [-0.05, 0) is 12.1 Å². The molecule has 0 bridgehead atoms. The van der Waals surface area contributed by atoms with Gasteiger partial charge in [0.25, 0.3) is 0 Å². The van der Waals surface area contributed by atoms with Gasteiger partial charge in [0.05, 0.1) is 12.4 Å². The van der Waals surface area contributed by atoms with E-state index in [0.717, 1.165) is 23.0 Å². The maximum Gasteiger partial charge on any atom is 0.358 e. The summed E-state index contributed by atoms with van der Waals surface area (Å²) in [4.78, 5) is 20.5. The van der Waals surface area contributed by atoms with Crippen molar-refractivity contribution in [2.75, 3.05) is 0 Å². The molecule has 0 amide bonds. The van der Waals surface area contributed by atoms with Crippen LogP contribution in [-0.4, -0.2) is 52.6 Å². The summed E-state index contributed by atoms with van der Waals surface area (Å²) in [5.74, 6) is -3.91. The van der Waals surface area contributed by atoms with Gasteiger partial charge in [-0.25, -0.2) is 23.1 Å². The van der Waals surface area contributed by atoms with Gasteiger partial charge in [0, 0.05) is 6.07 Å². The van der Waals surface area contributed by atoms with Crippen LogP contribution in [0.25, 0.3) is 5.69 Å². The number of H-pyrrole nitrogens is 1. The van der Waals surface area contributed by atoms with Crippen LogP contribution in [-0.2, 0) is 0 Å². The Morgan fingerprint density at radius 3 is 2.25 bits per heavy atom. The third-order valence-corrected chi connectivity index (χ3v) is 2.50. The second-order valence-electron chi connectivity index (χ2n) is 4.11. The minimum absolute atomic E-state index is 0.0648. The van der Waals surface area contributed by atoms with Crippen molar-refractivity contribution in [3.8, 4) is 5.69 Å². The highest BCUT2D eigenvalue weighted by atomic mass is 19.1. The molecular weight excluding hydrogens is 330 g/mol. The molecule has 3 aromatic rings. The van der Waals surface area contributed by atoms with E-state index in [-0.39, 0.29) is 17.1 Å². The van der Waals surface area contributed by atoms with Crippen molar-refractivity contribution in [1.82, 2.24) is 30.4 Å². The van der Waals surface area contributed by atoms with E-state index in [1.54, 1.807) is 0 Å². The number of aromatic amines is 1. The molecule has 124 valence electrons. The predicted molar refractivity (Wildman–Crippen MR) is 71.6 cm³/mol. The van der Waals surface area contributed by atoms with Gasteiger partial charge in [-0.1, -0.05) is 10.4 Å². The van der Waals surface area contributed by atoms with E-state index in [1.807, 2.05) is 0 Å². The van der Waals surface area contributed by atoms with Gasteiger partial charge in [-0.2, -0.15) is 0 Å². The molecule has 0 unspecified atom stereocenters. The van der Waals surface area contributed by atoms with E-state index in [9.17, 15) is 18.4 Å². The summed E-state index contributed by atoms with van der Waals surface area (Å²) < 4.78 is 26.8. The van der Waals surface area contributed by atoms with E-state index in [4.69, 9.17) is 10.2 Å². The number of nitrogens with zero attached hydrogens (tertiary/aromatic N) is 5. The van der Waals surface area contributed by atoms with Crippen LogP contribution in [0.15, 0.2) is 30.6 Å². The van der Waals surface area contributed by atoms with Crippen molar-refractivity contribution in [1.29, 1.82) is 0 Å². The third kappa shape index (κ3) is 3.94. The monoisotopic (exact) mass is 338 g/mol. The molecule has 2 aromatic heterocycles. The molecule has 12 heteroatoms. The molecule has 0 aliphatic carbocycles. The number of hydrogen-bond acceptors (Lipinski definition) is 6. The van der Waals surface area contributed by atoms with Gasteiger partial charge in [-0.15, -0.1) is 10.2 Å². The molecule has 0 saturated carbocycles. The number of carboxylic acids is 2. The topological polar surface area (TPSA) is 147 Å². The fraction of sp³-hybridized carbons (Fsp3) is 0. The molecule has 0 radical (unpaired) electrons. The summed E-state index contributed by atoms with van der Waals surface area (Å²) in [6, 6.07) is 2.86. The Morgan fingerprint density at radius 2 is 1.79 bits per heavy atom. The molecule has 10 nitrogen and oxygen atoms in total. The van der Waals surface area contributed by atoms with Crippen LogP contribution in [0.4, 0.5) is 8.78 Å². The first-order chi connectivity index (χ1) is 11.4. The number of hydrogen-bond donors (Lipinski definition) is 3. The zero-order valence-corrected chi connectivity index (χ0v) is 11.6. The number of halogens is 2. The van der Waals surface area contributed by atoms with Crippen molar-refractivity contribution in [3.05, 3.63) is 53.6 Å². The molecule has 2 heterocycles. The zero-order valence-electron chi connectivity index (χ0n) is 11.6. The number of nitrogens with one attached hydrogen (secondary N) is 1. The van der Waals surface area contributed by atoms with Crippen LogP contribution < -0.4 is 0 Å². The highest BCUT2D eigenvalue weighted by molar-refractivity contribution is 5.85. The standard InChI is InChI=1S/C9H5F2N3O2.C3H3N3O2/c10-5-1-2-8(6(11)3-5)14-4-7(9(15)16)12-13-14;7-3(8)2-1-4-6-5-2/h1-4H,(H,15,16);1H,(H,7,8)(H,4,5,6). The van der Waals surface area contributed by atoms with Gasteiger partial charge in [0.2, 0.25) is 0 Å². The highest BCUT2D eigenvalue weighted by Crippen LogP contribution is 2.13. The number of aromatic carboxylic acids is 2. The quantitative estimate of drug-likeness (QED) is 0.634. The SMILES string of the molecule is O=C(O)c1c[nH]nn1.O=C(O)c1cn(-c2ccc(F)cc2F)nn1. The Kier molecular flexibility index (Phi) is 4.89. The third-order valence-electron chi connectivity index (χ3n) is 2.50. The van der Waals surface area contributed by atoms with Crippen molar-refractivity contribution in [2.24, 2.45) is 0 Å². The summed E-state index contributed by atoms with van der Waals surface area (Å²) in [6.07, 6.45) is 2.25. The first-order valence-corrected chi connectivity index (χ1v) is 6.09. The smallest absolute Gasteiger partial charge is 0.358 e. The largest absolute Gasteiger partial charge is 0.476 e. The summed E-state index contributed by atoms with van der Waals surface area (Å²) >= 11 is 0. The molecule has 0 atom stereocenters. The van der Waals surface area contributed by atoms with Crippen LogP contribution in [0.3, 0.4) is 0 Å². The molecule has 24 heavy (non-hydrogen) atoms. The van der Waals surface area contributed by atoms with E-state index in [0.29, 0.717) is 6.07 Å². The lowest BCUT2D eigenvalue weighted by atomic mass is 10.3. The second kappa shape index (κ2) is 7.04. The number of benzene rings is 1. The Bertz CT molecular complexity index is 864. The number of carbonyl (C=O) groups is 2. The summed E-state index contributed by atoms with van der Waals surface area (Å²) in [5, 5.41) is 32.1. The minimum atomic E-state index is -1.27. The normalized spacial score (nSPS) is 9.92. The van der Waals surface area contributed by atoms with Crippen LogP contribution >= 0.6 is 0 Å². The van der Waals surface area contributed by atoms with Crippen molar-refractivity contribution in [3.63, 3.8) is 0 Å². The van der Waals surface area contributed by atoms with Gasteiger partial charge < -0.3 is 10.2 Å². The lowest BCUT2D eigenvalue weighted by molar-refractivity contribution is 0.0679. The van der Waals surface area contributed by atoms with Gasteiger partial charge in [-0.3, -0.25) is 5.10 Å². The summed E-state index contributed by atoms with van der Waals surface area (Å²) in [6.45, 7) is 0. The lowest BCUT2D eigenvalue weighted by Crippen LogP contribution is -1.99. The fourth-order valence-electron chi connectivity index (χ4n) is 1.45. The van der Waals surface area contributed by atoms with Gasteiger partial charge in [0.1, 0.15) is 11.5 Å². The first-order valence-electron chi connectivity index (χ1n) is 6.09. The van der Waals surface area contributed by atoms with Crippen LogP contribution in [0, 0.1) is 11.6 Å². The number of carboxylic acid groups (broad SMARTS) is 2. The average Bonchev–Trinajstić information content (AvgIpc) is 3.20. The van der Waals surface area contributed by atoms with Crippen molar-refractivity contribution in [2.45, 2.75) is 0 Å². The molecule has 0 fully saturated rings. The highest BCUT2D eigenvalue weighted by Gasteiger charge is 2.12. The maximum absolute atomic E-state index is 13.3. The Hall–Kier alpha value is -3.70. The van der Waals surface area contributed by atoms with E-state index in [2.05, 4.69) is 25.7 Å². The second-order valence-corrected chi connectivity index (χ2v) is 4.11. The molecule has 3 N–H and O–H groups in total. The zero-order chi connectivity index (χ0) is 17.7. The van der Waals surface area contributed by atoms with Gasteiger partial charge in [0.15, 0.2) is 17.2 Å². The summed E-state index contributed by atoms with van der Waals surface area (Å²) in [7, 11) is 0. The minimum Gasteiger partial charge on any atom is -0.476 e. The molecule has 1 aromatic carbocycles. The Balaban J connectivity index is 0.000000219. The Morgan fingerprint density at radius 1 is 1.08 bits per heavy atom. The number of aromatic nitrogens is 6. The lowest BCUT2D eigenvalue weighted by Gasteiger charge is -2.00. The summed E-state index contributed by atoms with van der Waals surface area (Å²) in [5.41, 5.74) is -0.449. The fourth-order valence-corrected chi connectivity index (χ4v) is 1.45. The molecule has 0 aliphatic heterocycles. The predicted octanol–water partition coefficient (Wildman–Crippen LogP) is 0.747. The van der Waals surface area contributed by atoms with Crippen LogP contribution in [0.2, 0.25) is 0 Å². The maximum atomic E-state index is 13.3. The molecular formula is C12H8F2N6O4. The van der Waals surface area contributed by atoms with Crippen molar-refractivity contribution < 1.29 is 28.6 Å². The van der Waals surface area contributed by atoms with Crippen molar-refractivity contribution >= 4 is 11.9 Å². The average molecular weight is 338 g/mol. The van der Waals surface area contributed by atoms with E-state index in [1.165, 1.54) is 6.20 Å². The van der Waals surface area contributed by atoms with Crippen LogP contribution in [0.1, 0.15) is 21.0 Å². The molecule has 0 aliphatic rings. The first kappa shape index (κ1) is 16.7.